The fourth-order valence-corrected chi connectivity index (χ4v) is 5.62. The van der Waals surface area contributed by atoms with Crippen LogP contribution in [0.3, 0.4) is 0 Å². The van der Waals surface area contributed by atoms with Gasteiger partial charge in [0.1, 0.15) is 0 Å². The molecule has 1 aromatic carbocycles. The highest BCUT2D eigenvalue weighted by molar-refractivity contribution is 6.31. The average Bonchev–Trinajstić information content (AvgIpc) is 3.51. The van der Waals surface area contributed by atoms with Gasteiger partial charge in [0.25, 0.3) is 0 Å². The summed E-state index contributed by atoms with van der Waals surface area (Å²) in [4.78, 5) is 18.9. The van der Waals surface area contributed by atoms with E-state index in [-0.39, 0.29) is 17.3 Å². The number of aryl methyl sites for hydroxylation is 1. The number of pyridine rings is 1. The number of carbonyl (C=O) groups is 1. The van der Waals surface area contributed by atoms with E-state index in [4.69, 9.17) is 17.3 Å². The molecular weight excluding hydrogens is 509 g/mol. The number of likely N-dealkylation sites (tertiary alicyclic amines) is 1. The van der Waals surface area contributed by atoms with E-state index in [0.717, 1.165) is 24.1 Å². The molecule has 0 radical (unpaired) electrons. The number of nitrogen functional groups attached to an aromatic ring is 1. The first kappa shape index (κ1) is 25.2. The second-order valence-corrected chi connectivity index (χ2v) is 10.4. The molecule has 8 nitrogen and oxygen atoms in total. The Morgan fingerprint density at radius 3 is 2.65 bits per heavy atom. The van der Waals surface area contributed by atoms with Crippen molar-refractivity contribution in [2.24, 2.45) is 0 Å². The summed E-state index contributed by atoms with van der Waals surface area (Å²) >= 11 is 6.36. The maximum Gasteiger partial charge on any atom is 0.573 e. The third-order valence-corrected chi connectivity index (χ3v) is 7.47. The van der Waals surface area contributed by atoms with Gasteiger partial charge in [0.15, 0.2) is 11.6 Å². The number of nitrogens with zero attached hydrogens (tertiary/aromatic N) is 4. The Bertz CT molecular complexity index is 1360. The molecule has 2 aromatic heterocycles. The minimum absolute atomic E-state index is 0.184. The predicted octanol–water partition coefficient (Wildman–Crippen LogP) is 5.07. The number of anilines is 1. The average molecular weight is 535 g/mol. The van der Waals surface area contributed by atoms with Crippen molar-refractivity contribution >= 4 is 23.4 Å². The van der Waals surface area contributed by atoms with Gasteiger partial charge >= 0.3 is 12.4 Å². The molecule has 0 bridgehead atoms. The first-order valence-corrected chi connectivity index (χ1v) is 12.2. The number of hydrogen-bond acceptors (Lipinski definition) is 5. The number of fused-ring (bicyclic) bond motifs is 2. The first-order valence-electron chi connectivity index (χ1n) is 11.8. The van der Waals surface area contributed by atoms with E-state index in [1.165, 1.54) is 12.3 Å². The lowest BCUT2D eigenvalue weighted by Gasteiger charge is -2.31. The van der Waals surface area contributed by atoms with Crippen LogP contribution >= 0.6 is 11.6 Å². The predicted molar refractivity (Wildman–Crippen MR) is 132 cm³/mol. The Balaban J connectivity index is 1.34. The largest absolute Gasteiger partial charge is 0.573 e. The Labute approximate surface area is 216 Å². The number of nitrogens with two attached hydrogens (primary N) is 1. The summed E-state index contributed by atoms with van der Waals surface area (Å²) in [7, 11) is 0. The Morgan fingerprint density at radius 1 is 1.19 bits per heavy atom. The van der Waals surface area contributed by atoms with Gasteiger partial charge in [-0.15, -0.1) is 13.2 Å². The van der Waals surface area contributed by atoms with Crippen LogP contribution in [0, 0.1) is 0 Å². The van der Waals surface area contributed by atoms with E-state index < -0.39 is 17.7 Å². The van der Waals surface area contributed by atoms with Crippen LogP contribution in [0.1, 0.15) is 37.9 Å². The molecule has 1 spiro atoms. The molecule has 1 fully saturated rings. The van der Waals surface area contributed by atoms with Crippen molar-refractivity contribution in [3.63, 3.8) is 0 Å². The van der Waals surface area contributed by atoms with Crippen LogP contribution in [-0.4, -0.2) is 45.1 Å². The lowest BCUT2D eigenvalue weighted by atomic mass is 9.82. The van der Waals surface area contributed by atoms with Crippen LogP contribution < -0.4 is 15.8 Å². The normalized spacial score (nSPS) is 19.4. The Morgan fingerprint density at radius 2 is 1.92 bits per heavy atom. The van der Waals surface area contributed by atoms with Gasteiger partial charge in [-0.25, -0.2) is 9.78 Å². The van der Waals surface area contributed by atoms with Gasteiger partial charge < -0.3 is 20.7 Å². The van der Waals surface area contributed by atoms with Crippen LogP contribution in [0.5, 0.6) is 5.75 Å². The topological polar surface area (TPSA) is 98.3 Å². The number of halogens is 4. The first-order chi connectivity index (χ1) is 17.4. The minimum atomic E-state index is -4.89. The summed E-state index contributed by atoms with van der Waals surface area (Å²) in [5, 5.41) is 8.27. The zero-order valence-electron chi connectivity index (χ0n) is 20.3. The third kappa shape index (κ3) is 4.79. The van der Waals surface area contributed by atoms with Gasteiger partial charge in [-0.3, -0.25) is 4.68 Å². The summed E-state index contributed by atoms with van der Waals surface area (Å²) in [6.07, 6.45) is -1.95. The zero-order valence-corrected chi connectivity index (χ0v) is 21.0. The number of carbonyl (C=O) groups excluding carboxylic acids is 1. The highest BCUT2D eigenvalue weighted by Gasteiger charge is 2.47. The molecule has 37 heavy (non-hydrogen) atoms. The number of rotatable bonds is 4. The maximum absolute atomic E-state index is 13.2. The Kier molecular flexibility index (Phi) is 6.01. The number of hydrogen-bond donors (Lipinski definition) is 2. The summed E-state index contributed by atoms with van der Waals surface area (Å²) in [5.41, 5.74) is 7.20. The van der Waals surface area contributed by atoms with Crippen molar-refractivity contribution in [1.82, 2.24) is 25.0 Å². The van der Waals surface area contributed by atoms with Gasteiger partial charge in [0.05, 0.1) is 11.2 Å². The molecule has 2 aliphatic heterocycles. The van der Waals surface area contributed by atoms with Crippen molar-refractivity contribution in [3.05, 3.63) is 58.9 Å². The monoisotopic (exact) mass is 534 g/mol. The molecule has 12 heteroatoms. The van der Waals surface area contributed by atoms with E-state index >= 15 is 0 Å². The Hall–Kier alpha value is -3.47. The molecule has 2 amide bonds. The van der Waals surface area contributed by atoms with Crippen molar-refractivity contribution < 1.29 is 22.7 Å². The lowest BCUT2D eigenvalue weighted by Crippen LogP contribution is -2.48. The molecular formula is C25H26ClF3N6O2. The molecule has 5 rings (SSSR count). The highest BCUT2D eigenvalue weighted by atomic mass is 35.5. The standard InChI is InChI=1S/C25H26ClF3N6O2/c1-23(2,16-5-3-4-6-17(16)26)32-22(36)34-9-7-24(14-34)8-10-35-20(24)12-18(33-35)15-11-19(21(30)31-13-15)37-25(27,28)29/h3-6,11-13H,7-10,14H2,1-2H3,(H2,30,31)(H,32,36). The van der Waals surface area contributed by atoms with E-state index in [2.05, 4.69) is 20.1 Å². The van der Waals surface area contributed by atoms with Crippen LogP contribution in [0.2, 0.25) is 5.02 Å². The maximum atomic E-state index is 13.2. The molecule has 196 valence electrons. The fraction of sp³-hybridized carbons (Fsp3) is 0.400. The van der Waals surface area contributed by atoms with Crippen LogP contribution in [0.15, 0.2) is 42.6 Å². The second kappa shape index (κ2) is 8.83. The van der Waals surface area contributed by atoms with Crippen molar-refractivity contribution in [1.29, 1.82) is 0 Å². The lowest BCUT2D eigenvalue weighted by molar-refractivity contribution is -0.274. The van der Waals surface area contributed by atoms with Gasteiger partial charge in [0.2, 0.25) is 0 Å². The summed E-state index contributed by atoms with van der Waals surface area (Å²) in [6.45, 7) is 5.53. The third-order valence-electron chi connectivity index (χ3n) is 7.14. The zero-order chi connectivity index (χ0) is 26.6. The van der Waals surface area contributed by atoms with Gasteiger partial charge in [-0.1, -0.05) is 29.8 Å². The smallest absolute Gasteiger partial charge is 0.402 e. The van der Waals surface area contributed by atoms with Gasteiger partial charge in [-0.05, 0) is 50.5 Å². The summed E-state index contributed by atoms with van der Waals surface area (Å²) in [5.74, 6) is -0.931. The van der Waals surface area contributed by atoms with Crippen LogP contribution in [0.25, 0.3) is 11.3 Å². The van der Waals surface area contributed by atoms with Crippen molar-refractivity contribution in [3.8, 4) is 17.0 Å². The van der Waals surface area contributed by atoms with Gasteiger partial charge in [0, 0.05) is 47.5 Å². The quantitative estimate of drug-likeness (QED) is 0.487. The SMILES string of the molecule is CC(C)(NC(=O)N1CCC2(CCn3nc(-c4cnc(N)c(OC(F)(F)F)c4)cc32)C1)c1ccccc1Cl. The summed E-state index contributed by atoms with van der Waals surface area (Å²) in [6, 6.07) is 10.3. The molecule has 3 N–H and O–H groups in total. The van der Waals surface area contributed by atoms with Gasteiger partial charge in [-0.2, -0.15) is 5.10 Å². The van der Waals surface area contributed by atoms with Crippen molar-refractivity contribution in [2.75, 3.05) is 18.8 Å². The van der Waals surface area contributed by atoms with E-state index in [0.29, 0.717) is 35.9 Å². The molecule has 0 saturated carbocycles. The number of benzene rings is 1. The molecule has 4 heterocycles. The van der Waals surface area contributed by atoms with E-state index in [9.17, 15) is 18.0 Å². The minimum Gasteiger partial charge on any atom is -0.402 e. The number of nitrogens with one attached hydrogen (secondary N) is 1. The molecule has 2 aliphatic rings. The highest BCUT2D eigenvalue weighted by Crippen LogP contribution is 2.44. The number of ether oxygens (including phenoxy) is 1. The number of urea groups is 1. The molecule has 0 aliphatic carbocycles. The second-order valence-electron chi connectivity index (χ2n) is 10.0. The summed E-state index contributed by atoms with van der Waals surface area (Å²) < 4.78 is 44.1. The van der Waals surface area contributed by atoms with Crippen LogP contribution in [0.4, 0.5) is 23.8 Å². The molecule has 1 saturated heterocycles. The molecule has 3 aromatic rings. The van der Waals surface area contributed by atoms with E-state index in [1.54, 1.807) is 11.0 Å². The van der Waals surface area contributed by atoms with Crippen LogP contribution in [-0.2, 0) is 17.5 Å². The fourth-order valence-electron chi connectivity index (χ4n) is 5.25. The van der Waals surface area contributed by atoms with E-state index in [1.807, 2.05) is 42.8 Å². The number of alkyl halides is 3. The molecule has 1 unspecified atom stereocenters. The van der Waals surface area contributed by atoms with Crippen molar-refractivity contribution in [2.45, 2.75) is 50.6 Å². The number of aromatic nitrogens is 3. The molecule has 1 atom stereocenters. The number of amides is 2.